The molecular formula is C14H20F3N3O2. The van der Waals surface area contributed by atoms with Crippen LogP contribution in [0.3, 0.4) is 0 Å². The Labute approximate surface area is 127 Å². The van der Waals surface area contributed by atoms with Crippen molar-refractivity contribution in [1.82, 2.24) is 10.3 Å². The SMILES string of the molecule is CC(C)(C)OC(=O)NCC(CN)c1ncccc1C(F)(F)F. The maximum atomic E-state index is 13.0. The molecule has 22 heavy (non-hydrogen) atoms. The first-order valence-corrected chi connectivity index (χ1v) is 6.73. The number of pyridine rings is 1. The first kappa shape index (κ1) is 18.2. The fraction of sp³-hybridized carbons (Fsp3) is 0.571. The summed E-state index contributed by atoms with van der Waals surface area (Å²) in [5, 5.41) is 2.42. The smallest absolute Gasteiger partial charge is 0.418 e. The molecule has 0 saturated carbocycles. The van der Waals surface area contributed by atoms with Crippen LogP contribution >= 0.6 is 0 Å². The molecular weight excluding hydrogens is 299 g/mol. The summed E-state index contributed by atoms with van der Waals surface area (Å²) in [7, 11) is 0. The molecule has 124 valence electrons. The standard InChI is InChI=1S/C14H20F3N3O2/c1-13(2,3)22-12(21)20-8-9(7-18)11-10(14(15,16)17)5-4-6-19-11/h4-6,9H,7-8,18H2,1-3H3,(H,20,21). The molecule has 5 nitrogen and oxygen atoms in total. The van der Waals surface area contributed by atoms with E-state index in [0.717, 1.165) is 6.07 Å². The molecule has 0 aromatic carbocycles. The highest BCUT2D eigenvalue weighted by Gasteiger charge is 2.35. The van der Waals surface area contributed by atoms with Crippen molar-refractivity contribution in [3.05, 3.63) is 29.6 Å². The number of amides is 1. The number of hydrogen-bond acceptors (Lipinski definition) is 4. The van der Waals surface area contributed by atoms with Crippen molar-refractivity contribution in [2.24, 2.45) is 5.73 Å². The predicted octanol–water partition coefficient (Wildman–Crippen LogP) is 2.67. The van der Waals surface area contributed by atoms with Crippen LogP contribution in [0.2, 0.25) is 0 Å². The highest BCUT2D eigenvalue weighted by atomic mass is 19.4. The van der Waals surface area contributed by atoms with Crippen LogP contribution in [-0.4, -0.2) is 29.8 Å². The third kappa shape index (κ3) is 5.51. The van der Waals surface area contributed by atoms with Gasteiger partial charge in [0.2, 0.25) is 0 Å². The van der Waals surface area contributed by atoms with Crippen LogP contribution in [0.15, 0.2) is 18.3 Å². The third-order valence-electron chi connectivity index (χ3n) is 2.71. The predicted molar refractivity (Wildman–Crippen MR) is 75.3 cm³/mol. The van der Waals surface area contributed by atoms with Crippen LogP contribution < -0.4 is 11.1 Å². The van der Waals surface area contributed by atoms with Crippen LogP contribution in [0.25, 0.3) is 0 Å². The van der Waals surface area contributed by atoms with Gasteiger partial charge in [-0.25, -0.2) is 4.79 Å². The van der Waals surface area contributed by atoms with Gasteiger partial charge in [0, 0.05) is 25.2 Å². The molecule has 8 heteroatoms. The Hall–Kier alpha value is -1.83. The average Bonchev–Trinajstić information content (AvgIpc) is 2.36. The number of carbonyl (C=O) groups excluding carboxylic acids is 1. The van der Waals surface area contributed by atoms with Crippen LogP contribution in [-0.2, 0) is 10.9 Å². The molecule has 3 N–H and O–H groups in total. The van der Waals surface area contributed by atoms with Gasteiger partial charge in [-0.15, -0.1) is 0 Å². The molecule has 0 bridgehead atoms. The number of alkyl carbamates (subject to hydrolysis) is 1. The molecule has 0 radical (unpaired) electrons. The van der Waals surface area contributed by atoms with Gasteiger partial charge in [-0.05, 0) is 32.9 Å². The lowest BCUT2D eigenvalue weighted by Gasteiger charge is -2.22. The number of hydrogen-bond donors (Lipinski definition) is 2. The molecule has 0 saturated heterocycles. The van der Waals surface area contributed by atoms with Gasteiger partial charge < -0.3 is 15.8 Å². The summed E-state index contributed by atoms with van der Waals surface area (Å²) in [6.07, 6.45) is -3.97. The molecule has 0 aliphatic carbocycles. The van der Waals surface area contributed by atoms with E-state index < -0.39 is 29.4 Å². The van der Waals surface area contributed by atoms with E-state index in [0.29, 0.717) is 0 Å². The number of ether oxygens (including phenoxy) is 1. The van der Waals surface area contributed by atoms with Crippen LogP contribution in [0.4, 0.5) is 18.0 Å². The Morgan fingerprint density at radius 3 is 2.55 bits per heavy atom. The average molecular weight is 319 g/mol. The van der Waals surface area contributed by atoms with Crippen LogP contribution in [0.5, 0.6) is 0 Å². The number of carbonyl (C=O) groups is 1. The zero-order valence-electron chi connectivity index (χ0n) is 12.7. The van der Waals surface area contributed by atoms with Crippen molar-refractivity contribution < 1.29 is 22.7 Å². The topological polar surface area (TPSA) is 77.2 Å². The van der Waals surface area contributed by atoms with Crippen molar-refractivity contribution in [2.45, 2.75) is 38.5 Å². The Morgan fingerprint density at radius 1 is 1.41 bits per heavy atom. The largest absolute Gasteiger partial charge is 0.444 e. The number of alkyl halides is 3. The molecule has 0 aliphatic rings. The lowest BCUT2D eigenvalue weighted by molar-refractivity contribution is -0.138. The second kappa shape index (κ2) is 6.95. The van der Waals surface area contributed by atoms with E-state index in [1.807, 2.05) is 0 Å². The summed E-state index contributed by atoms with van der Waals surface area (Å²) in [5.41, 5.74) is 3.80. The van der Waals surface area contributed by atoms with Crippen LogP contribution in [0, 0.1) is 0 Å². The monoisotopic (exact) mass is 319 g/mol. The van der Waals surface area contributed by atoms with Gasteiger partial charge in [-0.3, -0.25) is 4.98 Å². The summed E-state index contributed by atoms with van der Waals surface area (Å²) in [4.78, 5) is 15.4. The summed E-state index contributed by atoms with van der Waals surface area (Å²) in [6.45, 7) is 4.88. The number of halogens is 3. The lowest BCUT2D eigenvalue weighted by atomic mass is 9.99. The van der Waals surface area contributed by atoms with Crippen molar-refractivity contribution in [1.29, 1.82) is 0 Å². The summed E-state index contributed by atoms with van der Waals surface area (Å²) >= 11 is 0. The van der Waals surface area contributed by atoms with Crippen molar-refractivity contribution >= 4 is 6.09 Å². The first-order chi connectivity index (χ1) is 10.0. The third-order valence-corrected chi connectivity index (χ3v) is 2.71. The molecule has 0 aliphatic heterocycles. The minimum atomic E-state index is -4.52. The Morgan fingerprint density at radius 2 is 2.05 bits per heavy atom. The number of nitrogens with two attached hydrogens (primary N) is 1. The quantitative estimate of drug-likeness (QED) is 0.894. The number of nitrogens with one attached hydrogen (secondary N) is 1. The van der Waals surface area contributed by atoms with Gasteiger partial charge in [0.15, 0.2) is 0 Å². The van der Waals surface area contributed by atoms with E-state index in [-0.39, 0.29) is 18.8 Å². The zero-order chi connectivity index (χ0) is 17.0. The minimum Gasteiger partial charge on any atom is -0.444 e. The molecule has 1 heterocycles. The first-order valence-electron chi connectivity index (χ1n) is 6.73. The molecule has 1 atom stereocenters. The fourth-order valence-corrected chi connectivity index (χ4v) is 1.79. The second-order valence-electron chi connectivity index (χ2n) is 5.75. The van der Waals surface area contributed by atoms with Crippen molar-refractivity contribution in [3.63, 3.8) is 0 Å². The van der Waals surface area contributed by atoms with E-state index in [1.165, 1.54) is 12.3 Å². The van der Waals surface area contributed by atoms with Crippen molar-refractivity contribution in [2.75, 3.05) is 13.1 Å². The number of nitrogens with zero attached hydrogens (tertiary/aromatic N) is 1. The van der Waals surface area contributed by atoms with E-state index >= 15 is 0 Å². The van der Waals surface area contributed by atoms with Gasteiger partial charge in [-0.2, -0.15) is 13.2 Å². The fourth-order valence-electron chi connectivity index (χ4n) is 1.79. The van der Waals surface area contributed by atoms with Gasteiger partial charge >= 0.3 is 12.3 Å². The molecule has 1 rings (SSSR count). The maximum Gasteiger partial charge on any atom is 0.418 e. The van der Waals surface area contributed by atoms with E-state index in [1.54, 1.807) is 20.8 Å². The van der Waals surface area contributed by atoms with E-state index in [2.05, 4.69) is 10.3 Å². The molecule has 1 aromatic rings. The molecule has 1 amide bonds. The van der Waals surface area contributed by atoms with Gasteiger partial charge in [0.1, 0.15) is 5.60 Å². The lowest BCUT2D eigenvalue weighted by Crippen LogP contribution is -2.37. The summed E-state index contributed by atoms with van der Waals surface area (Å²) in [5.74, 6) is -0.759. The maximum absolute atomic E-state index is 13.0. The highest BCUT2D eigenvalue weighted by Crippen LogP contribution is 2.33. The summed E-state index contributed by atoms with van der Waals surface area (Å²) in [6, 6.07) is 2.15. The zero-order valence-corrected chi connectivity index (χ0v) is 12.7. The van der Waals surface area contributed by atoms with Gasteiger partial charge in [-0.1, -0.05) is 0 Å². The molecule has 0 fully saturated rings. The highest BCUT2D eigenvalue weighted by molar-refractivity contribution is 5.67. The van der Waals surface area contributed by atoms with Gasteiger partial charge in [0.25, 0.3) is 0 Å². The van der Waals surface area contributed by atoms with E-state index in [4.69, 9.17) is 10.5 Å². The number of aromatic nitrogens is 1. The molecule has 0 spiro atoms. The normalized spacial score (nSPS) is 13.6. The molecule has 1 aromatic heterocycles. The summed E-state index contributed by atoms with van der Waals surface area (Å²) < 4.78 is 44.0. The van der Waals surface area contributed by atoms with Gasteiger partial charge in [0.05, 0.1) is 11.3 Å². The van der Waals surface area contributed by atoms with E-state index in [9.17, 15) is 18.0 Å². The Balaban J connectivity index is 2.84. The Bertz CT molecular complexity index is 513. The van der Waals surface area contributed by atoms with Crippen molar-refractivity contribution in [3.8, 4) is 0 Å². The second-order valence-corrected chi connectivity index (χ2v) is 5.75. The number of rotatable bonds is 4. The van der Waals surface area contributed by atoms with Crippen LogP contribution in [0.1, 0.15) is 37.9 Å². The molecule has 1 unspecified atom stereocenters. The Kier molecular flexibility index (Phi) is 5.76. The minimum absolute atomic E-state index is 0.0874.